The summed E-state index contributed by atoms with van der Waals surface area (Å²) >= 11 is 7.39. The number of carbonyl (C=O) groups is 2. The van der Waals surface area contributed by atoms with Gasteiger partial charge in [-0.15, -0.1) is 11.8 Å². The van der Waals surface area contributed by atoms with Crippen LogP contribution in [0, 0.1) is 5.92 Å². The Bertz CT molecular complexity index is 550. The number of nitrogens with one attached hydrogen (secondary N) is 1. The molecule has 0 heterocycles. The van der Waals surface area contributed by atoms with Crippen LogP contribution in [0.4, 0.5) is 0 Å². The number of esters is 1. The van der Waals surface area contributed by atoms with E-state index in [2.05, 4.69) is 12.2 Å². The Morgan fingerprint density at radius 1 is 1.25 bits per heavy atom. The number of hydrogen-bond acceptors (Lipinski definition) is 4. The summed E-state index contributed by atoms with van der Waals surface area (Å²) in [4.78, 5) is 24.6. The Hall–Kier alpha value is -1.20. The van der Waals surface area contributed by atoms with Gasteiger partial charge in [0.15, 0.2) is 6.61 Å². The number of halogens is 1. The van der Waals surface area contributed by atoms with Crippen LogP contribution in [0.5, 0.6) is 0 Å². The lowest BCUT2D eigenvalue weighted by atomic mass is 9.86. The lowest BCUT2D eigenvalue weighted by molar-refractivity contribution is -0.148. The first-order chi connectivity index (χ1) is 11.5. The summed E-state index contributed by atoms with van der Waals surface area (Å²) in [7, 11) is 0. The maximum absolute atomic E-state index is 11.9. The van der Waals surface area contributed by atoms with Gasteiger partial charge < -0.3 is 10.1 Å². The zero-order valence-electron chi connectivity index (χ0n) is 13.9. The summed E-state index contributed by atoms with van der Waals surface area (Å²) in [6.45, 7) is 1.97. The van der Waals surface area contributed by atoms with E-state index in [4.69, 9.17) is 16.3 Å². The molecule has 1 aliphatic carbocycles. The van der Waals surface area contributed by atoms with E-state index in [1.165, 1.54) is 6.42 Å². The van der Waals surface area contributed by atoms with E-state index in [9.17, 15) is 9.59 Å². The fourth-order valence-electron chi connectivity index (χ4n) is 2.78. The van der Waals surface area contributed by atoms with Crippen LogP contribution < -0.4 is 5.32 Å². The van der Waals surface area contributed by atoms with Crippen LogP contribution in [0.1, 0.15) is 39.0 Å². The molecular weight excluding hydrogens is 346 g/mol. The largest absolute Gasteiger partial charge is 0.456 e. The van der Waals surface area contributed by atoms with Crippen molar-refractivity contribution < 1.29 is 14.3 Å². The molecule has 132 valence electrons. The minimum atomic E-state index is -0.344. The van der Waals surface area contributed by atoms with Crippen LogP contribution >= 0.6 is 23.4 Å². The average Bonchev–Trinajstić information content (AvgIpc) is 2.57. The molecule has 4 nitrogen and oxygen atoms in total. The van der Waals surface area contributed by atoms with Crippen LogP contribution in [0.25, 0.3) is 0 Å². The molecule has 0 aliphatic heterocycles. The normalized spacial score (nSPS) is 20.4. The van der Waals surface area contributed by atoms with Gasteiger partial charge >= 0.3 is 5.97 Å². The van der Waals surface area contributed by atoms with Crippen molar-refractivity contribution in [2.75, 3.05) is 12.4 Å². The molecule has 1 aliphatic rings. The van der Waals surface area contributed by atoms with Crippen molar-refractivity contribution >= 4 is 35.2 Å². The molecule has 0 unspecified atom stereocenters. The molecule has 2 atom stereocenters. The van der Waals surface area contributed by atoms with Crippen LogP contribution in [-0.2, 0) is 14.3 Å². The number of carbonyl (C=O) groups excluding carboxylic acids is 2. The van der Waals surface area contributed by atoms with Gasteiger partial charge in [-0.2, -0.15) is 0 Å². The molecule has 0 aromatic heterocycles. The van der Waals surface area contributed by atoms with E-state index in [-0.39, 0.29) is 30.9 Å². The second-order valence-corrected chi connectivity index (χ2v) is 7.75. The topological polar surface area (TPSA) is 55.4 Å². The van der Waals surface area contributed by atoms with Crippen molar-refractivity contribution in [1.29, 1.82) is 0 Å². The molecule has 1 saturated carbocycles. The number of rotatable bonds is 7. The lowest BCUT2D eigenvalue weighted by Gasteiger charge is -2.29. The Morgan fingerprint density at radius 3 is 2.67 bits per heavy atom. The van der Waals surface area contributed by atoms with Gasteiger partial charge in [-0.05, 0) is 43.0 Å². The Morgan fingerprint density at radius 2 is 1.96 bits per heavy atom. The Kier molecular flexibility index (Phi) is 7.92. The van der Waals surface area contributed by atoms with Gasteiger partial charge in [0.25, 0.3) is 5.91 Å². The first kappa shape index (κ1) is 19.1. The monoisotopic (exact) mass is 369 g/mol. The molecule has 0 spiro atoms. The molecule has 6 heteroatoms. The highest BCUT2D eigenvalue weighted by Crippen LogP contribution is 2.23. The summed E-state index contributed by atoms with van der Waals surface area (Å²) in [5, 5.41) is 3.67. The maximum Gasteiger partial charge on any atom is 0.307 e. The summed E-state index contributed by atoms with van der Waals surface area (Å²) in [5.74, 6) is 0.562. The number of benzene rings is 1. The van der Waals surface area contributed by atoms with Crippen molar-refractivity contribution in [2.24, 2.45) is 5.92 Å². The second-order valence-electron chi connectivity index (χ2n) is 6.15. The molecular formula is C18H24ClNO3S. The predicted molar refractivity (Wildman–Crippen MR) is 97.3 cm³/mol. The van der Waals surface area contributed by atoms with Gasteiger partial charge in [-0.25, -0.2) is 0 Å². The number of hydrogen-bond donors (Lipinski definition) is 1. The van der Waals surface area contributed by atoms with Crippen LogP contribution in [0.15, 0.2) is 29.2 Å². The molecule has 24 heavy (non-hydrogen) atoms. The van der Waals surface area contributed by atoms with E-state index >= 15 is 0 Å². The molecule has 1 aromatic carbocycles. The quantitative estimate of drug-likeness (QED) is 0.581. The highest BCUT2D eigenvalue weighted by atomic mass is 35.5. The van der Waals surface area contributed by atoms with Crippen molar-refractivity contribution in [3.8, 4) is 0 Å². The first-order valence-corrected chi connectivity index (χ1v) is 9.74. The van der Waals surface area contributed by atoms with Crippen molar-refractivity contribution in [1.82, 2.24) is 5.32 Å². The smallest absolute Gasteiger partial charge is 0.307 e. The van der Waals surface area contributed by atoms with Gasteiger partial charge in [0.2, 0.25) is 0 Å². The third-order valence-corrected chi connectivity index (χ3v) is 5.48. The van der Waals surface area contributed by atoms with Gasteiger partial charge in [0.1, 0.15) is 0 Å². The first-order valence-electron chi connectivity index (χ1n) is 8.38. The minimum absolute atomic E-state index is 0.187. The second kappa shape index (κ2) is 9.94. The van der Waals surface area contributed by atoms with Gasteiger partial charge in [-0.1, -0.05) is 31.4 Å². The van der Waals surface area contributed by atoms with Crippen LogP contribution in [-0.4, -0.2) is 30.3 Å². The molecule has 1 aromatic rings. The zero-order valence-corrected chi connectivity index (χ0v) is 15.5. The summed E-state index contributed by atoms with van der Waals surface area (Å²) in [5.41, 5.74) is 0. The van der Waals surface area contributed by atoms with E-state index in [0.29, 0.717) is 16.7 Å². The van der Waals surface area contributed by atoms with Crippen LogP contribution in [0.2, 0.25) is 5.02 Å². The molecule has 1 fully saturated rings. The highest BCUT2D eigenvalue weighted by molar-refractivity contribution is 7.99. The highest BCUT2D eigenvalue weighted by Gasteiger charge is 2.23. The molecule has 1 amide bonds. The standard InChI is InChI=1S/C18H24ClNO3S/c1-13-4-2-3-5-16(13)20-17(21)12-23-18(22)10-11-24-15-8-6-14(19)7-9-15/h6-9,13,16H,2-5,10-12H2,1H3,(H,20,21)/t13-,16+/m0/s1. The van der Waals surface area contributed by atoms with E-state index in [0.717, 1.165) is 24.2 Å². The van der Waals surface area contributed by atoms with Crippen molar-refractivity contribution in [2.45, 2.75) is 50.0 Å². The Labute approximate surface area is 152 Å². The summed E-state index contributed by atoms with van der Waals surface area (Å²) < 4.78 is 5.05. The SMILES string of the molecule is C[C@H]1CCCC[C@H]1NC(=O)COC(=O)CCSc1ccc(Cl)cc1. The average molecular weight is 370 g/mol. The third-order valence-electron chi connectivity index (χ3n) is 4.21. The maximum atomic E-state index is 11.9. The van der Waals surface area contributed by atoms with Gasteiger partial charge in [0, 0.05) is 21.7 Å². The third kappa shape index (κ3) is 6.73. The lowest BCUT2D eigenvalue weighted by Crippen LogP contribution is -2.42. The number of thioether (sulfide) groups is 1. The van der Waals surface area contributed by atoms with Crippen molar-refractivity contribution in [3.63, 3.8) is 0 Å². The number of amides is 1. The summed E-state index contributed by atoms with van der Waals surface area (Å²) in [6, 6.07) is 7.68. The van der Waals surface area contributed by atoms with Crippen LogP contribution in [0.3, 0.4) is 0 Å². The zero-order chi connectivity index (χ0) is 17.4. The van der Waals surface area contributed by atoms with E-state index < -0.39 is 0 Å². The summed E-state index contributed by atoms with van der Waals surface area (Å²) in [6.07, 6.45) is 4.82. The van der Waals surface area contributed by atoms with Crippen molar-refractivity contribution in [3.05, 3.63) is 29.3 Å². The van der Waals surface area contributed by atoms with E-state index in [1.807, 2.05) is 24.3 Å². The van der Waals surface area contributed by atoms with E-state index in [1.54, 1.807) is 11.8 Å². The predicted octanol–water partition coefficient (Wildman–Crippen LogP) is 4.06. The van der Waals surface area contributed by atoms with Gasteiger partial charge in [0.05, 0.1) is 6.42 Å². The van der Waals surface area contributed by atoms with Gasteiger partial charge in [-0.3, -0.25) is 9.59 Å². The number of ether oxygens (including phenoxy) is 1. The molecule has 2 rings (SSSR count). The fourth-order valence-corrected chi connectivity index (χ4v) is 3.74. The molecule has 1 N–H and O–H groups in total. The Balaban J connectivity index is 1.60. The molecule has 0 bridgehead atoms. The fraction of sp³-hybridized carbons (Fsp3) is 0.556. The molecule has 0 radical (unpaired) electrons. The molecule has 0 saturated heterocycles. The minimum Gasteiger partial charge on any atom is -0.456 e.